The molecule has 0 aliphatic carbocycles. The minimum atomic E-state index is -0.997. The Hall–Kier alpha value is -3.57. The van der Waals surface area contributed by atoms with E-state index in [1.165, 1.54) is 25.1 Å². The van der Waals surface area contributed by atoms with Crippen LogP contribution in [0.3, 0.4) is 0 Å². The molecule has 1 unspecified atom stereocenters. The number of H-pyrrole nitrogens is 1. The van der Waals surface area contributed by atoms with Crippen molar-refractivity contribution in [3.8, 4) is 6.07 Å². The molecule has 0 saturated heterocycles. The molecular weight excluding hydrogens is 451 g/mol. The molecule has 1 atom stereocenters. The highest BCUT2D eigenvalue weighted by Crippen LogP contribution is 2.42. The van der Waals surface area contributed by atoms with Crippen LogP contribution in [0.25, 0.3) is 10.9 Å². The van der Waals surface area contributed by atoms with E-state index < -0.39 is 23.5 Å². The number of rotatable bonds is 2. The largest absolute Gasteiger partial charge is 0.356 e. The molecule has 166 valence electrons. The summed E-state index contributed by atoms with van der Waals surface area (Å²) in [5.41, 5.74) is 2.60. The fraction of sp³-hybridized carbons (Fsp3) is 0.208. The lowest BCUT2D eigenvalue weighted by atomic mass is 9.91. The average molecular weight is 468 g/mol. The number of aromatic nitrogens is 3. The van der Waals surface area contributed by atoms with Crippen molar-refractivity contribution in [1.29, 1.82) is 5.26 Å². The minimum absolute atomic E-state index is 0.0171. The van der Waals surface area contributed by atoms with Crippen molar-refractivity contribution in [2.75, 3.05) is 11.4 Å². The van der Waals surface area contributed by atoms with E-state index in [4.69, 9.17) is 11.6 Å². The number of aryl methyl sites for hydroxylation is 2. The quantitative estimate of drug-likeness (QED) is 0.412. The van der Waals surface area contributed by atoms with Crippen LogP contribution >= 0.6 is 11.6 Å². The molecule has 0 bridgehead atoms. The Labute approximate surface area is 192 Å². The number of benzene rings is 2. The molecule has 1 N–H and O–H groups in total. The number of hydrogen-bond acceptors (Lipinski definition) is 4. The van der Waals surface area contributed by atoms with Crippen LogP contribution in [0.2, 0.25) is 5.02 Å². The fourth-order valence-corrected chi connectivity index (χ4v) is 4.62. The van der Waals surface area contributed by atoms with Gasteiger partial charge in [0.25, 0.3) is 0 Å². The third-order valence-electron chi connectivity index (χ3n) is 5.99. The molecule has 9 heteroatoms. The molecule has 3 heterocycles. The van der Waals surface area contributed by atoms with Gasteiger partial charge in [-0.3, -0.25) is 0 Å². The van der Waals surface area contributed by atoms with Crippen LogP contribution in [0, 0.1) is 42.6 Å². The van der Waals surface area contributed by atoms with Gasteiger partial charge in [0.05, 0.1) is 5.02 Å². The van der Waals surface area contributed by atoms with Crippen molar-refractivity contribution in [3.63, 3.8) is 0 Å². The third-order valence-corrected chi connectivity index (χ3v) is 6.28. The number of fused-ring (bicyclic) bond motifs is 3. The van der Waals surface area contributed by atoms with Crippen molar-refractivity contribution in [3.05, 3.63) is 86.6 Å². The number of hydrogen-bond donors (Lipinski definition) is 1. The summed E-state index contributed by atoms with van der Waals surface area (Å²) in [5.74, 6) is -2.30. The van der Waals surface area contributed by atoms with Gasteiger partial charge in [-0.2, -0.15) is 5.26 Å². The molecule has 5 rings (SSSR count). The van der Waals surface area contributed by atoms with Gasteiger partial charge in [0, 0.05) is 34.4 Å². The van der Waals surface area contributed by atoms with Crippen LogP contribution in [0.4, 0.5) is 19.1 Å². The van der Waals surface area contributed by atoms with Crippen LogP contribution in [0.1, 0.15) is 39.8 Å². The van der Waals surface area contributed by atoms with Gasteiger partial charge in [0.2, 0.25) is 5.95 Å². The summed E-state index contributed by atoms with van der Waals surface area (Å²) < 4.78 is 44.8. The maximum absolute atomic E-state index is 15.2. The fourth-order valence-electron chi connectivity index (χ4n) is 4.46. The lowest BCUT2D eigenvalue weighted by molar-refractivity contribution is 0.481. The van der Waals surface area contributed by atoms with E-state index >= 15 is 4.39 Å². The zero-order valence-electron chi connectivity index (χ0n) is 17.7. The van der Waals surface area contributed by atoms with E-state index in [-0.39, 0.29) is 27.8 Å². The molecule has 2 aromatic heterocycles. The van der Waals surface area contributed by atoms with Gasteiger partial charge in [-0.1, -0.05) is 23.7 Å². The lowest BCUT2D eigenvalue weighted by Gasteiger charge is -2.36. The van der Waals surface area contributed by atoms with E-state index in [1.807, 2.05) is 6.07 Å². The van der Waals surface area contributed by atoms with Crippen molar-refractivity contribution >= 4 is 28.5 Å². The van der Waals surface area contributed by atoms with Crippen molar-refractivity contribution in [2.45, 2.75) is 26.3 Å². The SMILES string of the molecule is Cc1cc(C#N)nc(N2CCc3c([nH]c4ccc(Cl)c(F)c34)C2c2ccc(C)c(F)c2F)n1. The summed E-state index contributed by atoms with van der Waals surface area (Å²) in [6.45, 7) is 3.50. The molecular formula is C24H17ClF3N5. The smallest absolute Gasteiger partial charge is 0.227 e. The lowest BCUT2D eigenvalue weighted by Crippen LogP contribution is -2.38. The van der Waals surface area contributed by atoms with E-state index in [9.17, 15) is 14.0 Å². The van der Waals surface area contributed by atoms with Gasteiger partial charge >= 0.3 is 0 Å². The zero-order chi connectivity index (χ0) is 23.4. The molecule has 5 nitrogen and oxygen atoms in total. The first-order valence-electron chi connectivity index (χ1n) is 10.3. The second kappa shape index (κ2) is 7.78. The topological polar surface area (TPSA) is 68.6 Å². The monoisotopic (exact) mass is 467 g/mol. The summed E-state index contributed by atoms with van der Waals surface area (Å²) in [7, 11) is 0. The number of anilines is 1. The van der Waals surface area contributed by atoms with Crippen LogP contribution in [0.5, 0.6) is 0 Å². The van der Waals surface area contributed by atoms with Crippen molar-refractivity contribution in [1.82, 2.24) is 15.0 Å². The molecule has 0 radical (unpaired) electrons. The van der Waals surface area contributed by atoms with Crippen molar-refractivity contribution < 1.29 is 13.2 Å². The normalized spacial score (nSPS) is 15.5. The molecule has 33 heavy (non-hydrogen) atoms. The van der Waals surface area contributed by atoms with Crippen LogP contribution in [-0.4, -0.2) is 21.5 Å². The predicted octanol–water partition coefficient (Wildman–Crippen LogP) is 5.67. The summed E-state index contributed by atoms with van der Waals surface area (Å²) in [4.78, 5) is 13.6. The number of nitrogens with one attached hydrogen (secondary N) is 1. The molecule has 0 fully saturated rings. The van der Waals surface area contributed by atoms with Gasteiger partial charge < -0.3 is 9.88 Å². The summed E-state index contributed by atoms with van der Waals surface area (Å²) >= 11 is 6.02. The van der Waals surface area contributed by atoms with E-state index in [2.05, 4.69) is 15.0 Å². The number of aromatic amines is 1. The molecule has 0 spiro atoms. The summed E-state index contributed by atoms with van der Waals surface area (Å²) in [6.07, 6.45) is 0.387. The maximum atomic E-state index is 15.2. The standard InChI is InChI=1S/C24H17ClF3N5/c1-11-3-4-15(20(27)19(11)26)23-22-14(18-17(32-22)6-5-16(25)21(18)28)7-8-33(23)24-30-12(2)9-13(10-29)31-24/h3-6,9,23,32H,7-8H2,1-2H3. The van der Waals surface area contributed by atoms with E-state index in [1.54, 1.807) is 24.0 Å². The Bertz CT molecular complexity index is 1470. The highest BCUT2D eigenvalue weighted by atomic mass is 35.5. The Morgan fingerprint density at radius 3 is 2.64 bits per heavy atom. The average Bonchev–Trinajstić information content (AvgIpc) is 3.18. The summed E-state index contributed by atoms with van der Waals surface area (Å²) in [6, 6.07) is 8.78. The van der Waals surface area contributed by atoms with Crippen molar-refractivity contribution in [2.24, 2.45) is 0 Å². The molecule has 1 aliphatic rings. The van der Waals surface area contributed by atoms with Crippen LogP contribution in [0.15, 0.2) is 30.3 Å². The zero-order valence-corrected chi connectivity index (χ0v) is 18.4. The Morgan fingerprint density at radius 1 is 1.09 bits per heavy atom. The number of nitriles is 1. The Kier molecular flexibility index (Phi) is 5.02. The minimum Gasteiger partial charge on any atom is -0.356 e. The highest BCUT2D eigenvalue weighted by molar-refractivity contribution is 6.31. The second-order valence-electron chi connectivity index (χ2n) is 8.05. The van der Waals surface area contributed by atoms with Gasteiger partial charge in [-0.05, 0) is 49.6 Å². The van der Waals surface area contributed by atoms with Gasteiger partial charge in [-0.15, -0.1) is 0 Å². The molecule has 4 aromatic rings. The second-order valence-corrected chi connectivity index (χ2v) is 8.46. The highest BCUT2D eigenvalue weighted by Gasteiger charge is 2.36. The Balaban J connectivity index is 1.80. The van der Waals surface area contributed by atoms with Gasteiger partial charge in [0.1, 0.15) is 17.8 Å². The maximum Gasteiger partial charge on any atom is 0.227 e. The number of halogens is 4. The molecule has 2 aromatic carbocycles. The van der Waals surface area contributed by atoms with Crippen LogP contribution in [-0.2, 0) is 6.42 Å². The van der Waals surface area contributed by atoms with Gasteiger partial charge in [0.15, 0.2) is 17.5 Å². The molecule has 1 aliphatic heterocycles. The summed E-state index contributed by atoms with van der Waals surface area (Å²) in [5, 5.41) is 9.67. The van der Waals surface area contributed by atoms with Crippen LogP contribution < -0.4 is 4.90 Å². The first-order chi connectivity index (χ1) is 15.8. The van der Waals surface area contributed by atoms with E-state index in [0.29, 0.717) is 40.8 Å². The molecule has 0 saturated carbocycles. The number of nitrogens with zero attached hydrogens (tertiary/aromatic N) is 4. The van der Waals surface area contributed by atoms with E-state index in [0.717, 1.165) is 0 Å². The molecule has 0 amide bonds. The first-order valence-corrected chi connectivity index (χ1v) is 10.6. The Morgan fingerprint density at radius 2 is 1.88 bits per heavy atom. The first kappa shape index (κ1) is 21.3. The predicted molar refractivity (Wildman–Crippen MR) is 119 cm³/mol. The third kappa shape index (κ3) is 3.31. The van der Waals surface area contributed by atoms with Gasteiger partial charge in [-0.25, -0.2) is 23.1 Å².